The fourth-order valence-corrected chi connectivity index (χ4v) is 2.27. The summed E-state index contributed by atoms with van der Waals surface area (Å²) in [4.78, 5) is 11.9. The summed E-state index contributed by atoms with van der Waals surface area (Å²) in [5.74, 6) is 0.556. The zero-order valence-corrected chi connectivity index (χ0v) is 14.2. The lowest BCUT2D eigenvalue weighted by Crippen LogP contribution is -2.36. The van der Waals surface area contributed by atoms with Crippen LogP contribution in [0.4, 0.5) is 0 Å². The van der Waals surface area contributed by atoms with Crippen molar-refractivity contribution in [2.45, 2.75) is 32.9 Å². The van der Waals surface area contributed by atoms with Gasteiger partial charge in [0, 0.05) is 18.7 Å². The molecule has 1 atom stereocenters. The summed E-state index contributed by atoms with van der Waals surface area (Å²) in [6.45, 7) is 9.53. The smallest absolute Gasteiger partial charge is 0.261 e. The molecule has 116 valence electrons. The Morgan fingerprint density at radius 2 is 2.29 bits per heavy atom. The highest BCUT2D eigenvalue weighted by Gasteiger charge is 2.17. The van der Waals surface area contributed by atoms with Gasteiger partial charge < -0.3 is 15.4 Å². The summed E-state index contributed by atoms with van der Waals surface area (Å²) in [6, 6.07) is 5.87. The van der Waals surface area contributed by atoms with Gasteiger partial charge in [-0.15, -0.1) is 6.58 Å². The summed E-state index contributed by atoms with van der Waals surface area (Å²) < 4.78 is 6.68. The molecule has 0 bridgehead atoms. The van der Waals surface area contributed by atoms with E-state index in [1.54, 1.807) is 13.0 Å². The number of amides is 1. The highest BCUT2D eigenvalue weighted by Crippen LogP contribution is 2.30. The highest BCUT2D eigenvalue weighted by molar-refractivity contribution is 9.10. The average molecular weight is 355 g/mol. The zero-order chi connectivity index (χ0) is 15.7. The van der Waals surface area contributed by atoms with E-state index in [9.17, 15) is 4.79 Å². The Labute approximate surface area is 135 Å². The minimum absolute atomic E-state index is 0.155. The van der Waals surface area contributed by atoms with E-state index in [4.69, 9.17) is 4.74 Å². The lowest BCUT2D eigenvalue weighted by atomic mass is 10.2. The predicted octanol–water partition coefficient (Wildman–Crippen LogP) is 3.02. The van der Waals surface area contributed by atoms with E-state index in [1.807, 2.05) is 18.2 Å². The molecule has 1 unspecified atom stereocenters. The van der Waals surface area contributed by atoms with Crippen LogP contribution < -0.4 is 15.4 Å². The van der Waals surface area contributed by atoms with Crippen LogP contribution in [0.2, 0.25) is 0 Å². The Bertz CT molecular complexity index is 477. The normalized spacial score (nSPS) is 11.8. The molecule has 0 saturated carbocycles. The van der Waals surface area contributed by atoms with E-state index >= 15 is 0 Å². The van der Waals surface area contributed by atoms with Crippen LogP contribution in [0.25, 0.3) is 0 Å². The molecule has 0 spiro atoms. The first kappa shape index (κ1) is 17.7. The molecule has 0 fully saturated rings. The third-order valence-electron chi connectivity index (χ3n) is 2.88. The van der Waals surface area contributed by atoms with Crippen LogP contribution in [0.1, 0.15) is 25.8 Å². The maximum Gasteiger partial charge on any atom is 0.261 e. The van der Waals surface area contributed by atoms with Gasteiger partial charge in [0.25, 0.3) is 5.91 Å². The van der Waals surface area contributed by atoms with E-state index in [2.05, 4.69) is 40.1 Å². The minimum atomic E-state index is -0.562. The summed E-state index contributed by atoms with van der Waals surface area (Å²) in [7, 11) is 0. The van der Waals surface area contributed by atoms with Crippen molar-refractivity contribution in [1.82, 2.24) is 10.6 Å². The fourth-order valence-electron chi connectivity index (χ4n) is 1.77. The van der Waals surface area contributed by atoms with E-state index < -0.39 is 6.10 Å². The van der Waals surface area contributed by atoms with Gasteiger partial charge in [0.05, 0.1) is 4.47 Å². The molecule has 0 heterocycles. The number of hydrogen-bond donors (Lipinski definition) is 2. The van der Waals surface area contributed by atoms with Crippen molar-refractivity contribution in [1.29, 1.82) is 0 Å². The second-order valence-electron chi connectivity index (χ2n) is 4.70. The molecular weight excluding hydrogens is 332 g/mol. The summed E-state index contributed by atoms with van der Waals surface area (Å²) in [6.07, 6.45) is 2.15. The van der Waals surface area contributed by atoms with E-state index in [0.717, 1.165) is 23.0 Å². The van der Waals surface area contributed by atoms with Gasteiger partial charge in [-0.3, -0.25) is 4.79 Å². The van der Waals surface area contributed by atoms with Gasteiger partial charge in [-0.1, -0.05) is 25.1 Å². The first-order valence-corrected chi connectivity index (χ1v) is 7.92. The molecule has 5 heteroatoms. The van der Waals surface area contributed by atoms with Gasteiger partial charge in [0.2, 0.25) is 0 Å². The van der Waals surface area contributed by atoms with Crippen LogP contribution in [0, 0.1) is 0 Å². The Morgan fingerprint density at radius 3 is 2.95 bits per heavy atom. The maximum atomic E-state index is 11.9. The Balaban J connectivity index is 2.75. The van der Waals surface area contributed by atoms with Crippen molar-refractivity contribution in [2.75, 3.05) is 13.1 Å². The Kier molecular flexibility index (Phi) is 8.08. The quantitative estimate of drug-likeness (QED) is 0.529. The van der Waals surface area contributed by atoms with Crippen LogP contribution in [0.3, 0.4) is 0 Å². The molecular formula is C16H23BrN2O2. The molecule has 0 aliphatic rings. The molecule has 0 aliphatic heterocycles. The van der Waals surface area contributed by atoms with Gasteiger partial charge in [-0.2, -0.15) is 0 Å². The van der Waals surface area contributed by atoms with Gasteiger partial charge in [0.1, 0.15) is 5.75 Å². The fraction of sp³-hybridized carbons (Fsp3) is 0.438. The topological polar surface area (TPSA) is 50.4 Å². The second-order valence-corrected chi connectivity index (χ2v) is 5.55. The molecule has 0 aromatic heterocycles. The minimum Gasteiger partial charge on any atom is -0.479 e. The summed E-state index contributed by atoms with van der Waals surface area (Å²) >= 11 is 3.49. The van der Waals surface area contributed by atoms with Gasteiger partial charge in [-0.25, -0.2) is 0 Å². The molecule has 4 nitrogen and oxygen atoms in total. The van der Waals surface area contributed by atoms with Crippen LogP contribution in [0.5, 0.6) is 5.75 Å². The monoisotopic (exact) mass is 354 g/mol. The van der Waals surface area contributed by atoms with Crippen molar-refractivity contribution in [3.63, 3.8) is 0 Å². The van der Waals surface area contributed by atoms with Crippen LogP contribution in [0.15, 0.2) is 35.3 Å². The van der Waals surface area contributed by atoms with Crippen LogP contribution >= 0.6 is 15.9 Å². The molecule has 21 heavy (non-hydrogen) atoms. The predicted molar refractivity (Wildman–Crippen MR) is 89.4 cm³/mol. The number of carbonyl (C=O) groups excluding carboxylic acids is 1. The lowest BCUT2D eigenvalue weighted by Gasteiger charge is -2.18. The highest BCUT2D eigenvalue weighted by atomic mass is 79.9. The second kappa shape index (κ2) is 9.58. The Hall–Kier alpha value is -1.33. The Morgan fingerprint density at radius 1 is 1.52 bits per heavy atom. The van der Waals surface area contributed by atoms with E-state index in [0.29, 0.717) is 18.8 Å². The van der Waals surface area contributed by atoms with Crippen molar-refractivity contribution in [3.05, 3.63) is 40.9 Å². The van der Waals surface area contributed by atoms with Crippen molar-refractivity contribution < 1.29 is 9.53 Å². The molecule has 0 aliphatic carbocycles. The van der Waals surface area contributed by atoms with Gasteiger partial charge >= 0.3 is 0 Å². The first-order valence-electron chi connectivity index (χ1n) is 7.13. The third-order valence-corrected chi connectivity index (χ3v) is 3.50. The lowest BCUT2D eigenvalue weighted by molar-refractivity contribution is -0.127. The van der Waals surface area contributed by atoms with Gasteiger partial charge in [-0.05, 0) is 41.9 Å². The first-order chi connectivity index (χ1) is 10.1. The maximum absolute atomic E-state index is 11.9. The van der Waals surface area contributed by atoms with Crippen molar-refractivity contribution in [3.8, 4) is 5.75 Å². The van der Waals surface area contributed by atoms with Crippen molar-refractivity contribution >= 4 is 21.8 Å². The van der Waals surface area contributed by atoms with E-state index in [-0.39, 0.29) is 5.91 Å². The summed E-state index contributed by atoms with van der Waals surface area (Å²) in [5.41, 5.74) is 1.03. The molecule has 1 aromatic rings. The molecule has 0 saturated heterocycles. The molecule has 1 rings (SSSR count). The largest absolute Gasteiger partial charge is 0.479 e. The molecule has 1 aromatic carbocycles. The molecule has 0 radical (unpaired) electrons. The number of nitrogens with one attached hydrogen (secondary N) is 2. The summed E-state index contributed by atoms with van der Waals surface area (Å²) in [5, 5.41) is 6.07. The van der Waals surface area contributed by atoms with Crippen LogP contribution in [-0.2, 0) is 11.3 Å². The van der Waals surface area contributed by atoms with Crippen molar-refractivity contribution in [2.24, 2.45) is 0 Å². The number of para-hydroxylation sites is 1. The van der Waals surface area contributed by atoms with E-state index in [1.165, 1.54) is 0 Å². The number of ether oxygens (including phenoxy) is 1. The molecule has 2 N–H and O–H groups in total. The standard InChI is InChI=1S/C16H23BrN2O2/c1-4-9-18-11-13-7-6-8-14(17)15(13)21-12(3)16(20)19-10-5-2/h5-8,12,18H,2,4,9-11H2,1,3H3,(H,19,20). The average Bonchev–Trinajstić information content (AvgIpc) is 2.48. The molecule has 1 amide bonds. The third kappa shape index (κ3) is 5.89. The zero-order valence-electron chi connectivity index (χ0n) is 12.6. The number of benzene rings is 1. The van der Waals surface area contributed by atoms with Crippen LogP contribution in [-0.4, -0.2) is 25.1 Å². The number of halogens is 1. The number of carbonyl (C=O) groups is 1. The number of hydrogen-bond acceptors (Lipinski definition) is 3. The number of rotatable bonds is 9. The van der Waals surface area contributed by atoms with Gasteiger partial charge in [0.15, 0.2) is 6.10 Å². The SMILES string of the molecule is C=CCNC(=O)C(C)Oc1c(Br)cccc1CNCCC.